The molecule has 0 N–H and O–H groups in total. The Morgan fingerprint density at radius 2 is 2.20 bits per heavy atom. The molecule has 0 aliphatic heterocycles. The third-order valence-corrected chi connectivity index (χ3v) is 3.32. The van der Waals surface area contributed by atoms with E-state index >= 15 is 0 Å². The van der Waals surface area contributed by atoms with Crippen LogP contribution in [0.5, 0.6) is 0 Å². The minimum atomic E-state index is -0.0112. The molecule has 1 saturated carbocycles. The summed E-state index contributed by atoms with van der Waals surface area (Å²) in [6.45, 7) is 1.15. The predicted octanol–water partition coefficient (Wildman–Crippen LogP) is 1.78. The smallest absolute Gasteiger partial charge is 0.309 e. The Bertz CT molecular complexity index is 260. The number of hydrogen-bond acceptors (Lipinski definition) is 3. The molecule has 3 heteroatoms. The summed E-state index contributed by atoms with van der Waals surface area (Å²) in [6, 6.07) is 0. The van der Waals surface area contributed by atoms with Crippen LogP contribution >= 0.6 is 0 Å². The van der Waals surface area contributed by atoms with Gasteiger partial charge in [-0.25, -0.2) is 0 Å². The SMILES string of the molecule is COCCCOC(=O)C1C[C@@H]2C=C[C@@H]1C2. The van der Waals surface area contributed by atoms with Gasteiger partial charge in [-0.3, -0.25) is 4.79 Å². The summed E-state index contributed by atoms with van der Waals surface area (Å²) in [5.74, 6) is 1.20. The van der Waals surface area contributed by atoms with E-state index in [1.54, 1.807) is 7.11 Å². The topological polar surface area (TPSA) is 35.5 Å². The van der Waals surface area contributed by atoms with Crippen molar-refractivity contribution in [1.82, 2.24) is 0 Å². The van der Waals surface area contributed by atoms with Crippen molar-refractivity contribution in [2.45, 2.75) is 19.3 Å². The van der Waals surface area contributed by atoms with Gasteiger partial charge in [0.15, 0.2) is 0 Å². The molecule has 3 nitrogen and oxygen atoms in total. The molecule has 15 heavy (non-hydrogen) atoms. The highest BCUT2D eigenvalue weighted by molar-refractivity contribution is 5.74. The van der Waals surface area contributed by atoms with Gasteiger partial charge in [-0.15, -0.1) is 0 Å². The number of carbonyl (C=O) groups excluding carboxylic acids is 1. The molecular formula is C12H18O3. The van der Waals surface area contributed by atoms with Crippen molar-refractivity contribution in [3.05, 3.63) is 12.2 Å². The van der Waals surface area contributed by atoms with E-state index in [4.69, 9.17) is 9.47 Å². The van der Waals surface area contributed by atoms with E-state index in [1.165, 1.54) is 0 Å². The van der Waals surface area contributed by atoms with Gasteiger partial charge in [-0.1, -0.05) is 12.2 Å². The van der Waals surface area contributed by atoms with E-state index < -0.39 is 0 Å². The Hall–Kier alpha value is -0.830. The normalized spacial score (nSPS) is 32.2. The average molecular weight is 210 g/mol. The van der Waals surface area contributed by atoms with Crippen molar-refractivity contribution in [3.8, 4) is 0 Å². The van der Waals surface area contributed by atoms with Crippen LogP contribution in [0.2, 0.25) is 0 Å². The van der Waals surface area contributed by atoms with Crippen LogP contribution in [0.25, 0.3) is 0 Å². The number of allylic oxidation sites excluding steroid dienone is 2. The summed E-state index contributed by atoms with van der Waals surface area (Å²) in [6.07, 6.45) is 7.34. The number of carbonyl (C=O) groups is 1. The minimum Gasteiger partial charge on any atom is -0.465 e. The zero-order valence-corrected chi connectivity index (χ0v) is 9.15. The van der Waals surface area contributed by atoms with Crippen LogP contribution < -0.4 is 0 Å². The number of methoxy groups -OCH3 is 1. The second kappa shape index (κ2) is 4.79. The van der Waals surface area contributed by atoms with Gasteiger partial charge < -0.3 is 9.47 Å². The van der Waals surface area contributed by atoms with Gasteiger partial charge in [-0.2, -0.15) is 0 Å². The molecule has 2 aliphatic rings. The van der Waals surface area contributed by atoms with Gasteiger partial charge in [0.25, 0.3) is 0 Å². The molecule has 84 valence electrons. The van der Waals surface area contributed by atoms with E-state index in [2.05, 4.69) is 12.2 Å². The number of ether oxygens (including phenoxy) is 2. The van der Waals surface area contributed by atoms with Crippen molar-refractivity contribution in [3.63, 3.8) is 0 Å². The van der Waals surface area contributed by atoms with Gasteiger partial charge >= 0.3 is 5.97 Å². The maximum absolute atomic E-state index is 11.7. The number of esters is 1. The van der Waals surface area contributed by atoms with Crippen molar-refractivity contribution < 1.29 is 14.3 Å². The van der Waals surface area contributed by atoms with Crippen molar-refractivity contribution in [1.29, 1.82) is 0 Å². The molecule has 3 atom stereocenters. The average Bonchev–Trinajstić information content (AvgIpc) is 2.85. The first-order valence-electron chi connectivity index (χ1n) is 5.65. The monoisotopic (exact) mass is 210 g/mol. The molecule has 2 bridgehead atoms. The Kier molecular flexibility index (Phi) is 3.41. The van der Waals surface area contributed by atoms with Crippen molar-refractivity contribution in [2.75, 3.05) is 20.3 Å². The highest BCUT2D eigenvalue weighted by Crippen LogP contribution is 2.43. The second-order valence-corrected chi connectivity index (χ2v) is 4.40. The highest BCUT2D eigenvalue weighted by atomic mass is 16.5. The van der Waals surface area contributed by atoms with Gasteiger partial charge in [0, 0.05) is 20.1 Å². The first kappa shape index (κ1) is 10.7. The fourth-order valence-corrected chi connectivity index (χ4v) is 2.53. The predicted molar refractivity (Wildman–Crippen MR) is 56.3 cm³/mol. The van der Waals surface area contributed by atoms with Crippen LogP contribution in [-0.2, 0) is 14.3 Å². The third-order valence-electron chi connectivity index (χ3n) is 3.32. The molecular weight excluding hydrogens is 192 g/mol. The molecule has 0 aromatic heterocycles. The van der Waals surface area contributed by atoms with Gasteiger partial charge in [0.05, 0.1) is 12.5 Å². The van der Waals surface area contributed by atoms with Gasteiger partial charge in [-0.05, 0) is 24.7 Å². The summed E-state index contributed by atoms with van der Waals surface area (Å²) in [5, 5.41) is 0. The first-order valence-corrected chi connectivity index (χ1v) is 5.65. The molecule has 0 radical (unpaired) electrons. The standard InChI is InChI=1S/C12H18O3/c1-14-5-2-6-15-12(13)11-8-9-3-4-10(11)7-9/h3-4,9-11H,2,5-8H2,1H3/t9-,10-,11?/m1/s1. The molecule has 2 rings (SSSR count). The minimum absolute atomic E-state index is 0.0112. The first-order chi connectivity index (χ1) is 7.31. The molecule has 0 aromatic carbocycles. The van der Waals surface area contributed by atoms with Crippen LogP contribution in [0.15, 0.2) is 12.2 Å². The van der Waals surface area contributed by atoms with Crippen LogP contribution in [0.1, 0.15) is 19.3 Å². The number of hydrogen-bond donors (Lipinski definition) is 0. The summed E-state index contributed by atoms with van der Waals surface area (Å²) in [5.41, 5.74) is 0. The molecule has 0 saturated heterocycles. The van der Waals surface area contributed by atoms with E-state index in [0.717, 1.165) is 19.3 Å². The fraction of sp³-hybridized carbons (Fsp3) is 0.750. The van der Waals surface area contributed by atoms with Gasteiger partial charge in [0.1, 0.15) is 0 Å². The summed E-state index contributed by atoms with van der Waals surface area (Å²) < 4.78 is 10.1. The number of fused-ring (bicyclic) bond motifs is 2. The van der Waals surface area contributed by atoms with Gasteiger partial charge in [0.2, 0.25) is 0 Å². The van der Waals surface area contributed by atoms with Crippen LogP contribution in [0.4, 0.5) is 0 Å². The van der Waals surface area contributed by atoms with Crippen molar-refractivity contribution in [2.24, 2.45) is 17.8 Å². The summed E-state index contributed by atoms with van der Waals surface area (Å²) in [7, 11) is 1.66. The second-order valence-electron chi connectivity index (χ2n) is 4.40. The van der Waals surface area contributed by atoms with Crippen LogP contribution in [-0.4, -0.2) is 26.3 Å². The zero-order valence-electron chi connectivity index (χ0n) is 9.15. The zero-order chi connectivity index (χ0) is 10.7. The Balaban J connectivity index is 1.70. The van der Waals surface area contributed by atoms with Crippen LogP contribution in [0.3, 0.4) is 0 Å². The lowest BCUT2D eigenvalue weighted by Gasteiger charge is -2.16. The molecule has 1 unspecified atom stereocenters. The molecule has 0 spiro atoms. The van der Waals surface area contributed by atoms with E-state index in [0.29, 0.717) is 25.0 Å². The molecule has 0 amide bonds. The Morgan fingerprint density at radius 1 is 1.33 bits per heavy atom. The largest absolute Gasteiger partial charge is 0.465 e. The maximum Gasteiger partial charge on any atom is 0.309 e. The molecule has 0 aromatic rings. The lowest BCUT2D eigenvalue weighted by Crippen LogP contribution is -2.22. The summed E-state index contributed by atoms with van der Waals surface area (Å²) >= 11 is 0. The molecule has 1 fully saturated rings. The van der Waals surface area contributed by atoms with E-state index in [1.807, 2.05) is 0 Å². The maximum atomic E-state index is 11.7. The lowest BCUT2D eigenvalue weighted by molar-refractivity contribution is -0.149. The fourth-order valence-electron chi connectivity index (χ4n) is 2.53. The molecule has 0 heterocycles. The van der Waals surface area contributed by atoms with E-state index in [-0.39, 0.29) is 11.9 Å². The van der Waals surface area contributed by atoms with E-state index in [9.17, 15) is 4.79 Å². The Morgan fingerprint density at radius 3 is 2.80 bits per heavy atom. The third kappa shape index (κ3) is 2.40. The highest BCUT2D eigenvalue weighted by Gasteiger charge is 2.40. The van der Waals surface area contributed by atoms with Crippen LogP contribution in [0, 0.1) is 17.8 Å². The lowest BCUT2D eigenvalue weighted by atomic mass is 9.94. The molecule has 2 aliphatic carbocycles. The Labute approximate surface area is 90.4 Å². The number of rotatable bonds is 5. The quantitative estimate of drug-likeness (QED) is 0.394. The summed E-state index contributed by atoms with van der Waals surface area (Å²) in [4.78, 5) is 11.7. The van der Waals surface area contributed by atoms with Crippen molar-refractivity contribution >= 4 is 5.97 Å².